The van der Waals surface area contributed by atoms with E-state index in [-0.39, 0.29) is 28.3 Å². The van der Waals surface area contributed by atoms with Gasteiger partial charge in [0.2, 0.25) is 11.8 Å². The number of hydrogen-bond donors (Lipinski definition) is 1. The Morgan fingerprint density at radius 2 is 1.87 bits per heavy atom. The van der Waals surface area contributed by atoms with E-state index < -0.39 is 0 Å². The molecular formula is C23H28N4O4. The molecule has 1 aliphatic heterocycles. The maximum atomic E-state index is 12.8. The van der Waals surface area contributed by atoms with Gasteiger partial charge in [0.1, 0.15) is 5.69 Å². The van der Waals surface area contributed by atoms with Crippen LogP contribution >= 0.6 is 0 Å². The second-order valence-corrected chi connectivity index (χ2v) is 7.73. The third kappa shape index (κ3) is 5.59. The lowest BCUT2D eigenvalue weighted by Crippen LogP contribution is -2.38. The molecule has 1 saturated heterocycles. The monoisotopic (exact) mass is 424 g/mol. The van der Waals surface area contributed by atoms with Crippen LogP contribution < -0.4 is 10.2 Å². The minimum absolute atomic E-state index is 0.0161. The molecule has 0 bridgehead atoms. The first-order chi connectivity index (χ1) is 14.9. The standard InChI is InChI=1S/C23H28N4O4/c1-3-25(17(2)28)16-18-7-6-8-20(15-18)24-23(29)19-11-13-26(14-12-19)21-9-4-5-10-22(21)27(30)31/h4-10,15,19H,3,11-14,16H2,1-2H3,(H,24,29). The number of anilines is 2. The lowest BCUT2D eigenvalue weighted by molar-refractivity contribution is -0.384. The van der Waals surface area contributed by atoms with Crippen LogP contribution in [0.1, 0.15) is 32.3 Å². The highest BCUT2D eigenvalue weighted by atomic mass is 16.6. The average Bonchev–Trinajstić information content (AvgIpc) is 2.77. The Labute approximate surface area is 182 Å². The van der Waals surface area contributed by atoms with Crippen molar-refractivity contribution in [3.05, 3.63) is 64.2 Å². The molecule has 0 saturated carbocycles. The molecule has 0 radical (unpaired) electrons. The predicted octanol–water partition coefficient (Wildman–Crippen LogP) is 3.82. The predicted molar refractivity (Wildman–Crippen MR) is 120 cm³/mol. The van der Waals surface area contributed by atoms with E-state index in [1.54, 1.807) is 30.0 Å². The number of carbonyl (C=O) groups is 2. The van der Waals surface area contributed by atoms with Crippen molar-refractivity contribution in [3.8, 4) is 0 Å². The van der Waals surface area contributed by atoms with Crippen LogP contribution in [0.25, 0.3) is 0 Å². The number of benzene rings is 2. The minimum atomic E-state index is -0.368. The van der Waals surface area contributed by atoms with Crippen LogP contribution in [0, 0.1) is 16.0 Å². The molecule has 8 nitrogen and oxygen atoms in total. The topological polar surface area (TPSA) is 95.8 Å². The van der Waals surface area contributed by atoms with Crippen LogP contribution in [0.15, 0.2) is 48.5 Å². The number of nitrogens with zero attached hydrogens (tertiary/aromatic N) is 3. The Bertz CT molecular complexity index is 954. The summed E-state index contributed by atoms with van der Waals surface area (Å²) in [6.07, 6.45) is 1.26. The molecule has 164 valence electrons. The number of carbonyl (C=O) groups excluding carboxylic acids is 2. The molecule has 0 spiro atoms. The van der Waals surface area contributed by atoms with Crippen LogP contribution in [-0.4, -0.2) is 41.3 Å². The summed E-state index contributed by atoms with van der Waals surface area (Å²) < 4.78 is 0. The summed E-state index contributed by atoms with van der Waals surface area (Å²) in [5.41, 5.74) is 2.36. The second kappa shape index (κ2) is 10.1. The van der Waals surface area contributed by atoms with Crippen molar-refractivity contribution in [2.75, 3.05) is 29.9 Å². The SMILES string of the molecule is CCN(Cc1cccc(NC(=O)C2CCN(c3ccccc3[N+](=O)[O-])CC2)c1)C(C)=O. The van der Waals surface area contributed by atoms with Crippen LogP contribution in [0.4, 0.5) is 17.1 Å². The fourth-order valence-corrected chi connectivity index (χ4v) is 3.93. The van der Waals surface area contributed by atoms with Crippen LogP contribution in [0.3, 0.4) is 0 Å². The molecule has 2 aromatic carbocycles. The van der Waals surface area contributed by atoms with E-state index >= 15 is 0 Å². The Morgan fingerprint density at radius 3 is 2.52 bits per heavy atom. The number of nitro benzene ring substituents is 1. The molecular weight excluding hydrogens is 396 g/mol. The van der Waals surface area contributed by atoms with Crippen LogP contribution in [-0.2, 0) is 16.1 Å². The van der Waals surface area contributed by atoms with Gasteiger partial charge in [-0.15, -0.1) is 0 Å². The average molecular weight is 425 g/mol. The lowest BCUT2D eigenvalue weighted by Gasteiger charge is -2.32. The Hall–Kier alpha value is -3.42. The third-order valence-electron chi connectivity index (χ3n) is 5.68. The van der Waals surface area contributed by atoms with E-state index in [0.717, 1.165) is 5.56 Å². The van der Waals surface area contributed by atoms with E-state index in [1.807, 2.05) is 36.1 Å². The van der Waals surface area contributed by atoms with Gasteiger partial charge in [-0.3, -0.25) is 19.7 Å². The molecule has 0 aliphatic carbocycles. The minimum Gasteiger partial charge on any atom is -0.366 e. The Kier molecular flexibility index (Phi) is 7.23. The number of nitro groups is 1. The number of rotatable bonds is 7. The summed E-state index contributed by atoms with van der Waals surface area (Å²) in [4.78, 5) is 39.1. The summed E-state index contributed by atoms with van der Waals surface area (Å²) in [6.45, 7) is 5.79. The number of para-hydroxylation sites is 2. The smallest absolute Gasteiger partial charge is 0.292 e. The second-order valence-electron chi connectivity index (χ2n) is 7.73. The van der Waals surface area contributed by atoms with E-state index in [1.165, 1.54) is 6.07 Å². The summed E-state index contributed by atoms with van der Waals surface area (Å²) in [7, 11) is 0. The van der Waals surface area contributed by atoms with Gasteiger partial charge in [0.15, 0.2) is 0 Å². The maximum Gasteiger partial charge on any atom is 0.292 e. The van der Waals surface area contributed by atoms with Crippen molar-refractivity contribution in [1.82, 2.24) is 4.90 Å². The summed E-state index contributed by atoms with van der Waals surface area (Å²) in [5, 5.41) is 14.3. The zero-order valence-corrected chi connectivity index (χ0v) is 17.9. The normalized spacial score (nSPS) is 14.2. The molecule has 1 fully saturated rings. The molecule has 0 atom stereocenters. The summed E-state index contributed by atoms with van der Waals surface area (Å²) in [5.74, 6) is -0.173. The molecule has 1 heterocycles. The summed E-state index contributed by atoms with van der Waals surface area (Å²) in [6, 6.07) is 14.3. The van der Waals surface area contributed by atoms with E-state index in [9.17, 15) is 19.7 Å². The number of nitrogens with one attached hydrogen (secondary N) is 1. The van der Waals surface area contributed by atoms with Gasteiger partial charge >= 0.3 is 0 Å². The van der Waals surface area contributed by atoms with Crippen LogP contribution in [0.2, 0.25) is 0 Å². The molecule has 31 heavy (non-hydrogen) atoms. The van der Waals surface area contributed by atoms with Gasteiger partial charge in [-0.25, -0.2) is 0 Å². The molecule has 2 aromatic rings. The Morgan fingerprint density at radius 1 is 1.16 bits per heavy atom. The van der Waals surface area contributed by atoms with Crippen molar-refractivity contribution in [1.29, 1.82) is 0 Å². The number of piperidine rings is 1. The largest absolute Gasteiger partial charge is 0.366 e. The van der Waals surface area contributed by atoms with E-state index in [2.05, 4.69) is 5.32 Å². The highest BCUT2D eigenvalue weighted by molar-refractivity contribution is 5.92. The van der Waals surface area contributed by atoms with Crippen molar-refractivity contribution < 1.29 is 14.5 Å². The van der Waals surface area contributed by atoms with Crippen molar-refractivity contribution in [2.45, 2.75) is 33.2 Å². The molecule has 3 rings (SSSR count). The van der Waals surface area contributed by atoms with Gasteiger partial charge in [-0.2, -0.15) is 0 Å². The highest BCUT2D eigenvalue weighted by Gasteiger charge is 2.28. The molecule has 0 aromatic heterocycles. The first-order valence-corrected chi connectivity index (χ1v) is 10.5. The first kappa shape index (κ1) is 22.3. The van der Waals surface area contributed by atoms with Crippen LogP contribution in [0.5, 0.6) is 0 Å². The number of hydrogen-bond acceptors (Lipinski definition) is 5. The van der Waals surface area contributed by atoms with Gasteiger partial charge in [-0.05, 0) is 43.5 Å². The lowest BCUT2D eigenvalue weighted by atomic mass is 9.95. The highest BCUT2D eigenvalue weighted by Crippen LogP contribution is 2.31. The van der Waals surface area contributed by atoms with E-state index in [0.29, 0.717) is 50.4 Å². The fourth-order valence-electron chi connectivity index (χ4n) is 3.93. The first-order valence-electron chi connectivity index (χ1n) is 10.5. The summed E-state index contributed by atoms with van der Waals surface area (Å²) >= 11 is 0. The molecule has 0 unspecified atom stereocenters. The van der Waals surface area contributed by atoms with Gasteiger partial charge in [-0.1, -0.05) is 24.3 Å². The zero-order chi connectivity index (χ0) is 22.4. The van der Waals surface area contributed by atoms with Gasteiger partial charge in [0.05, 0.1) is 4.92 Å². The molecule has 8 heteroatoms. The number of amides is 2. The van der Waals surface area contributed by atoms with Crippen molar-refractivity contribution in [3.63, 3.8) is 0 Å². The third-order valence-corrected chi connectivity index (χ3v) is 5.68. The quantitative estimate of drug-likeness (QED) is 0.538. The molecule has 1 N–H and O–H groups in total. The molecule has 2 amide bonds. The zero-order valence-electron chi connectivity index (χ0n) is 17.9. The van der Waals surface area contributed by atoms with Gasteiger partial charge < -0.3 is 15.1 Å². The molecule has 1 aliphatic rings. The van der Waals surface area contributed by atoms with Crippen molar-refractivity contribution in [2.24, 2.45) is 5.92 Å². The maximum absolute atomic E-state index is 12.8. The fraction of sp³-hybridized carbons (Fsp3) is 0.391. The van der Waals surface area contributed by atoms with Gasteiger partial charge in [0, 0.05) is 50.8 Å². The van der Waals surface area contributed by atoms with Crippen molar-refractivity contribution >= 4 is 28.9 Å². The van der Waals surface area contributed by atoms with E-state index in [4.69, 9.17) is 0 Å². The van der Waals surface area contributed by atoms with Gasteiger partial charge in [0.25, 0.3) is 5.69 Å². The Balaban J connectivity index is 1.59.